The van der Waals surface area contributed by atoms with Gasteiger partial charge in [-0.2, -0.15) is 0 Å². The van der Waals surface area contributed by atoms with Crippen LogP contribution in [0.3, 0.4) is 0 Å². The Morgan fingerprint density at radius 1 is 1.27 bits per heavy atom. The second kappa shape index (κ2) is 3.46. The van der Waals surface area contributed by atoms with E-state index in [0.29, 0.717) is 11.5 Å². The lowest BCUT2D eigenvalue weighted by atomic mass is 10.1. The van der Waals surface area contributed by atoms with E-state index in [0.717, 1.165) is 18.4 Å². The van der Waals surface area contributed by atoms with E-state index in [1.54, 1.807) is 0 Å². The molecule has 0 aromatic heterocycles. The SMILES string of the molecule is CC(C)OCC1(CN2C[C@H]3C[C@H]3C2)CC1. The van der Waals surface area contributed by atoms with E-state index < -0.39 is 0 Å². The van der Waals surface area contributed by atoms with Crippen LogP contribution in [0.5, 0.6) is 0 Å². The van der Waals surface area contributed by atoms with Gasteiger partial charge in [0.1, 0.15) is 0 Å². The fraction of sp³-hybridized carbons (Fsp3) is 1.00. The zero-order valence-corrected chi connectivity index (χ0v) is 10.0. The van der Waals surface area contributed by atoms with Crippen molar-refractivity contribution in [1.82, 2.24) is 4.90 Å². The second-order valence-corrected chi connectivity index (χ2v) is 6.31. The maximum absolute atomic E-state index is 5.79. The first-order valence-electron chi connectivity index (χ1n) is 6.51. The van der Waals surface area contributed by atoms with Crippen molar-refractivity contribution in [2.75, 3.05) is 26.2 Å². The van der Waals surface area contributed by atoms with Gasteiger partial charge in [0.05, 0.1) is 12.7 Å². The van der Waals surface area contributed by atoms with Crippen molar-refractivity contribution in [3.8, 4) is 0 Å². The van der Waals surface area contributed by atoms with Crippen molar-refractivity contribution < 1.29 is 4.74 Å². The molecule has 0 spiro atoms. The van der Waals surface area contributed by atoms with Gasteiger partial charge in [-0.05, 0) is 44.9 Å². The van der Waals surface area contributed by atoms with Gasteiger partial charge in [0.15, 0.2) is 0 Å². The van der Waals surface area contributed by atoms with Gasteiger partial charge in [-0.25, -0.2) is 0 Å². The van der Waals surface area contributed by atoms with Gasteiger partial charge in [-0.3, -0.25) is 0 Å². The molecule has 2 saturated carbocycles. The first-order valence-corrected chi connectivity index (χ1v) is 6.51. The minimum absolute atomic E-state index is 0.398. The molecule has 15 heavy (non-hydrogen) atoms. The maximum Gasteiger partial charge on any atom is 0.0538 e. The molecule has 0 aromatic carbocycles. The van der Waals surface area contributed by atoms with Crippen LogP contribution >= 0.6 is 0 Å². The van der Waals surface area contributed by atoms with E-state index in [2.05, 4.69) is 18.7 Å². The lowest BCUT2D eigenvalue weighted by Gasteiger charge is -2.25. The molecule has 2 aliphatic carbocycles. The summed E-state index contributed by atoms with van der Waals surface area (Å²) in [5.74, 6) is 2.15. The Kier molecular flexibility index (Phi) is 2.33. The Bertz CT molecular complexity index is 237. The minimum Gasteiger partial charge on any atom is -0.378 e. The van der Waals surface area contributed by atoms with Crippen molar-refractivity contribution in [3.63, 3.8) is 0 Å². The molecule has 2 heteroatoms. The average molecular weight is 209 g/mol. The zero-order chi connectivity index (χ0) is 10.5. The van der Waals surface area contributed by atoms with Gasteiger partial charge in [0.25, 0.3) is 0 Å². The van der Waals surface area contributed by atoms with Gasteiger partial charge in [0, 0.05) is 25.0 Å². The molecule has 0 bridgehead atoms. The predicted octanol–water partition coefficient (Wildman–Crippen LogP) is 2.14. The number of nitrogens with zero attached hydrogens (tertiary/aromatic N) is 1. The number of likely N-dealkylation sites (tertiary alicyclic amines) is 1. The first-order chi connectivity index (χ1) is 7.17. The lowest BCUT2D eigenvalue weighted by Crippen LogP contribution is -2.32. The molecule has 86 valence electrons. The Labute approximate surface area is 93.0 Å². The Morgan fingerprint density at radius 3 is 2.47 bits per heavy atom. The summed E-state index contributed by atoms with van der Waals surface area (Å²) in [5.41, 5.74) is 0.557. The summed E-state index contributed by atoms with van der Waals surface area (Å²) < 4.78 is 5.79. The van der Waals surface area contributed by atoms with Crippen molar-refractivity contribution in [2.45, 2.75) is 39.2 Å². The third-order valence-corrected chi connectivity index (χ3v) is 4.29. The summed E-state index contributed by atoms with van der Waals surface area (Å²) in [4.78, 5) is 2.69. The normalized spacial score (nSPS) is 37.0. The van der Waals surface area contributed by atoms with Crippen molar-refractivity contribution >= 4 is 0 Å². The van der Waals surface area contributed by atoms with Crippen LogP contribution in [0.25, 0.3) is 0 Å². The Hall–Kier alpha value is -0.0800. The van der Waals surface area contributed by atoms with E-state index in [9.17, 15) is 0 Å². The number of fused-ring (bicyclic) bond motifs is 1. The monoisotopic (exact) mass is 209 g/mol. The Morgan fingerprint density at radius 2 is 1.93 bits per heavy atom. The third-order valence-electron chi connectivity index (χ3n) is 4.29. The largest absolute Gasteiger partial charge is 0.378 e. The summed E-state index contributed by atoms with van der Waals surface area (Å²) in [6.45, 7) is 9.35. The summed E-state index contributed by atoms with van der Waals surface area (Å²) in [7, 11) is 0. The molecule has 0 aromatic rings. The smallest absolute Gasteiger partial charge is 0.0538 e. The third kappa shape index (κ3) is 2.21. The first kappa shape index (κ1) is 10.1. The van der Waals surface area contributed by atoms with Crippen LogP contribution in [0.2, 0.25) is 0 Å². The number of hydrogen-bond acceptors (Lipinski definition) is 2. The average Bonchev–Trinajstić information content (AvgIpc) is 3.06. The molecule has 3 rings (SSSR count). The van der Waals surface area contributed by atoms with E-state index in [-0.39, 0.29) is 0 Å². The number of ether oxygens (including phenoxy) is 1. The highest BCUT2D eigenvalue weighted by atomic mass is 16.5. The van der Waals surface area contributed by atoms with E-state index in [1.807, 2.05) is 0 Å². The maximum atomic E-state index is 5.79. The highest BCUT2D eigenvalue weighted by Gasteiger charge is 2.50. The molecule has 2 nitrogen and oxygen atoms in total. The lowest BCUT2D eigenvalue weighted by molar-refractivity contribution is 0.0323. The fourth-order valence-electron chi connectivity index (χ4n) is 2.97. The zero-order valence-electron chi connectivity index (χ0n) is 10.0. The van der Waals surface area contributed by atoms with Crippen LogP contribution in [-0.2, 0) is 4.74 Å². The highest BCUT2D eigenvalue weighted by molar-refractivity contribution is 5.02. The van der Waals surface area contributed by atoms with Crippen LogP contribution in [0.15, 0.2) is 0 Å². The quantitative estimate of drug-likeness (QED) is 0.688. The molecule has 3 fully saturated rings. The minimum atomic E-state index is 0.398. The van der Waals surface area contributed by atoms with Crippen LogP contribution < -0.4 is 0 Å². The van der Waals surface area contributed by atoms with Crippen LogP contribution in [-0.4, -0.2) is 37.2 Å². The molecule has 0 unspecified atom stereocenters. The number of piperidine rings is 1. The summed E-state index contributed by atoms with van der Waals surface area (Å²) in [6.07, 6.45) is 4.71. The van der Waals surface area contributed by atoms with Gasteiger partial charge >= 0.3 is 0 Å². The Balaban J connectivity index is 1.45. The molecule has 1 aliphatic heterocycles. The molecule has 0 amide bonds. The van der Waals surface area contributed by atoms with E-state index in [1.165, 1.54) is 38.9 Å². The highest BCUT2D eigenvalue weighted by Crippen LogP contribution is 2.50. The van der Waals surface area contributed by atoms with Crippen molar-refractivity contribution in [2.24, 2.45) is 17.3 Å². The van der Waals surface area contributed by atoms with E-state index >= 15 is 0 Å². The second-order valence-electron chi connectivity index (χ2n) is 6.31. The van der Waals surface area contributed by atoms with Crippen LogP contribution in [0.4, 0.5) is 0 Å². The van der Waals surface area contributed by atoms with Crippen molar-refractivity contribution in [3.05, 3.63) is 0 Å². The molecule has 2 atom stereocenters. The molecule has 0 N–H and O–H groups in total. The standard InChI is InChI=1S/C13H23NO/c1-10(2)15-9-13(3-4-13)8-14-6-11-5-12(11)7-14/h10-12H,3-9H2,1-2H3/t11-,12+. The number of rotatable bonds is 5. The molecule has 0 radical (unpaired) electrons. The molecular formula is C13H23NO. The van der Waals surface area contributed by atoms with E-state index in [4.69, 9.17) is 4.74 Å². The molecule has 1 saturated heterocycles. The van der Waals surface area contributed by atoms with Gasteiger partial charge < -0.3 is 9.64 Å². The fourth-order valence-corrected chi connectivity index (χ4v) is 2.97. The molecular weight excluding hydrogens is 186 g/mol. The van der Waals surface area contributed by atoms with Gasteiger partial charge in [-0.1, -0.05) is 0 Å². The predicted molar refractivity (Wildman–Crippen MR) is 60.8 cm³/mol. The van der Waals surface area contributed by atoms with Gasteiger partial charge in [0.2, 0.25) is 0 Å². The molecule has 1 heterocycles. The van der Waals surface area contributed by atoms with Gasteiger partial charge in [-0.15, -0.1) is 0 Å². The summed E-state index contributed by atoms with van der Waals surface area (Å²) in [6, 6.07) is 0. The van der Waals surface area contributed by atoms with Crippen molar-refractivity contribution in [1.29, 1.82) is 0 Å². The number of hydrogen-bond donors (Lipinski definition) is 0. The molecule has 3 aliphatic rings. The van der Waals surface area contributed by atoms with Crippen LogP contribution in [0, 0.1) is 17.3 Å². The topological polar surface area (TPSA) is 12.5 Å². The summed E-state index contributed by atoms with van der Waals surface area (Å²) in [5, 5.41) is 0. The summed E-state index contributed by atoms with van der Waals surface area (Å²) >= 11 is 0. The van der Waals surface area contributed by atoms with Crippen LogP contribution in [0.1, 0.15) is 33.1 Å².